The normalized spacial score (nSPS) is 10.8. The van der Waals surface area contributed by atoms with Crippen LogP contribution in [0, 0.1) is 29.9 Å². The molecule has 0 saturated heterocycles. The molecule has 0 radical (unpaired) electrons. The van der Waals surface area contributed by atoms with E-state index in [9.17, 15) is 18.8 Å². The van der Waals surface area contributed by atoms with E-state index in [0.29, 0.717) is 27.8 Å². The van der Waals surface area contributed by atoms with Crippen LogP contribution in [0.15, 0.2) is 29.1 Å². The first-order valence-electron chi connectivity index (χ1n) is 7.56. The summed E-state index contributed by atoms with van der Waals surface area (Å²) in [6, 6.07) is 6.64. The van der Waals surface area contributed by atoms with Gasteiger partial charge in [0.05, 0.1) is 12.2 Å². The van der Waals surface area contributed by atoms with Crippen LogP contribution in [0.5, 0.6) is 0 Å². The van der Waals surface area contributed by atoms with Crippen molar-refractivity contribution in [2.24, 2.45) is 0 Å². The molecule has 0 aliphatic heterocycles. The Balaban J connectivity index is 2.02. The standard InChI is InChI=1S/C17H14F2N4OS/c1-3-22(14-5-11(18)4-12(19)6-14)9-13-7-16(24)23-15(8-20)10(2)25-17(23)21-13/h4-7H,3,9H2,1-2H3. The number of hydrogen-bond acceptors (Lipinski definition) is 5. The van der Waals surface area contributed by atoms with Crippen molar-refractivity contribution in [1.82, 2.24) is 9.38 Å². The minimum absolute atomic E-state index is 0.226. The maximum Gasteiger partial charge on any atom is 0.259 e. The molecule has 3 aromatic rings. The van der Waals surface area contributed by atoms with Crippen molar-refractivity contribution in [3.05, 3.63) is 62.5 Å². The summed E-state index contributed by atoms with van der Waals surface area (Å²) in [7, 11) is 0. The topological polar surface area (TPSA) is 61.4 Å². The molecular weight excluding hydrogens is 346 g/mol. The first-order chi connectivity index (χ1) is 11.9. The number of fused-ring (bicyclic) bond motifs is 1. The van der Waals surface area contributed by atoms with Gasteiger partial charge in [-0.3, -0.25) is 4.79 Å². The molecule has 0 aliphatic carbocycles. The predicted octanol–water partition coefficient (Wildman–Crippen LogP) is 3.24. The fraction of sp³-hybridized carbons (Fsp3) is 0.235. The van der Waals surface area contributed by atoms with E-state index in [1.807, 2.05) is 13.0 Å². The lowest BCUT2D eigenvalue weighted by molar-refractivity contribution is 0.581. The number of benzene rings is 1. The first-order valence-corrected chi connectivity index (χ1v) is 8.37. The third kappa shape index (κ3) is 3.23. The highest BCUT2D eigenvalue weighted by atomic mass is 32.1. The Morgan fingerprint density at radius 1 is 1.28 bits per heavy atom. The molecular formula is C17H14F2N4OS. The van der Waals surface area contributed by atoms with Crippen molar-refractivity contribution in [1.29, 1.82) is 5.26 Å². The van der Waals surface area contributed by atoms with Gasteiger partial charge in [0.1, 0.15) is 23.4 Å². The second kappa shape index (κ2) is 6.61. The van der Waals surface area contributed by atoms with Crippen molar-refractivity contribution in [2.75, 3.05) is 11.4 Å². The Bertz CT molecular complexity index is 1030. The molecule has 0 atom stereocenters. The molecule has 2 heterocycles. The largest absolute Gasteiger partial charge is 0.366 e. The minimum atomic E-state index is -0.663. The zero-order valence-electron chi connectivity index (χ0n) is 13.6. The van der Waals surface area contributed by atoms with Crippen LogP contribution in [0.1, 0.15) is 23.2 Å². The Hall–Kier alpha value is -2.79. The van der Waals surface area contributed by atoms with E-state index in [4.69, 9.17) is 0 Å². The summed E-state index contributed by atoms with van der Waals surface area (Å²) in [6.45, 7) is 4.31. The van der Waals surface area contributed by atoms with E-state index >= 15 is 0 Å². The van der Waals surface area contributed by atoms with Gasteiger partial charge in [-0.1, -0.05) is 0 Å². The van der Waals surface area contributed by atoms with Crippen LogP contribution in [0.2, 0.25) is 0 Å². The van der Waals surface area contributed by atoms with Gasteiger partial charge in [-0.05, 0) is 26.0 Å². The van der Waals surface area contributed by atoms with Gasteiger partial charge < -0.3 is 4.90 Å². The molecule has 8 heteroatoms. The van der Waals surface area contributed by atoms with E-state index < -0.39 is 11.6 Å². The van der Waals surface area contributed by atoms with Crippen LogP contribution in [0.25, 0.3) is 4.96 Å². The van der Waals surface area contributed by atoms with Crippen molar-refractivity contribution in [3.63, 3.8) is 0 Å². The lowest BCUT2D eigenvalue weighted by atomic mass is 10.2. The van der Waals surface area contributed by atoms with E-state index in [1.165, 1.54) is 33.9 Å². The molecule has 3 rings (SSSR count). The lowest BCUT2D eigenvalue weighted by Crippen LogP contribution is -2.25. The fourth-order valence-corrected chi connectivity index (χ4v) is 3.58. The number of anilines is 1. The van der Waals surface area contributed by atoms with Gasteiger partial charge in [0.15, 0.2) is 4.96 Å². The van der Waals surface area contributed by atoms with Crippen molar-refractivity contribution >= 4 is 22.0 Å². The third-order valence-corrected chi connectivity index (χ3v) is 4.75. The number of nitriles is 1. The van der Waals surface area contributed by atoms with E-state index in [1.54, 1.807) is 11.8 Å². The highest BCUT2D eigenvalue weighted by molar-refractivity contribution is 7.17. The Kier molecular flexibility index (Phi) is 4.51. The Morgan fingerprint density at radius 3 is 2.56 bits per heavy atom. The summed E-state index contributed by atoms with van der Waals surface area (Å²) in [5.74, 6) is -1.33. The SMILES string of the molecule is CCN(Cc1cc(=O)n2c(C#N)c(C)sc2n1)c1cc(F)cc(F)c1. The van der Waals surface area contributed by atoms with E-state index in [-0.39, 0.29) is 17.8 Å². The monoisotopic (exact) mass is 360 g/mol. The molecule has 5 nitrogen and oxygen atoms in total. The van der Waals surface area contributed by atoms with Crippen LogP contribution in [0.4, 0.5) is 14.5 Å². The summed E-state index contributed by atoms with van der Waals surface area (Å²) in [5.41, 5.74) is 0.787. The second-order valence-corrected chi connectivity index (χ2v) is 6.65. The van der Waals surface area contributed by atoms with Crippen molar-refractivity contribution in [2.45, 2.75) is 20.4 Å². The van der Waals surface area contributed by atoms with Crippen molar-refractivity contribution in [3.8, 4) is 6.07 Å². The van der Waals surface area contributed by atoms with Gasteiger partial charge in [-0.2, -0.15) is 5.26 Å². The summed E-state index contributed by atoms with van der Waals surface area (Å²) in [6.07, 6.45) is 0. The predicted molar refractivity (Wildman–Crippen MR) is 91.9 cm³/mol. The van der Waals surface area contributed by atoms with Crippen molar-refractivity contribution < 1.29 is 8.78 Å². The van der Waals surface area contributed by atoms with Crippen LogP contribution in [-0.2, 0) is 6.54 Å². The summed E-state index contributed by atoms with van der Waals surface area (Å²) in [5, 5.41) is 9.17. The number of halogens is 2. The summed E-state index contributed by atoms with van der Waals surface area (Å²) in [4.78, 5) is 19.6. The van der Waals surface area contributed by atoms with E-state index in [0.717, 1.165) is 6.07 Å². The molecule has 0 fully saturated rings. The van der Waals surface area contributed by atoms with Gasteiger partial charge in [0.2, 0.25) is 0 Å². The number of rotatable bonds is 4. The number of aromatic nitrogens is 2. The zero-order chi connectivity index (χ0) is 18.1. The van der Waals surface area contributed by atoms with Gasteiger partial charge in [-0.25, -0.2) is 18.2 Å². The maximum atomic E-state index is 13.5. The summed E-state index contributed by atoms with van der Waals surface area (Å²) < 4.78 is 28.2. The maximum absolute atomic E-state index is 13.5. The highest BCUT2D eigenvalue weighted by Gasteiger charge is 2.15. The second-order valence-electron chi connectivity index (χ2n) is 5.46. The Morgan fingerprint density at radius 2 is 1.96 bits per heavy atom. The lowest BCUT2D eigenvalue weighted by Gasteiger charge is -2.22. The molecule has 0 bridgehead atoms. The molecule has 2 aromatic heterocycles. The van der Waals surface area contributed by atoms with Crippen LogP contribution >= 0.6 is 11.3 Å². The third-order valence-electron chi connectivity index (χ3n) is 3.80. The van der Waals surface area contributed by atoms with Gasteiger partial charge >= 0.3 is 0 Å². The molecule has 1 aromatic carbocycles. The van der Waals surface area contributed by atoms with E-state index in [2.05, 4.69) is 4.98 Å². The average Bonchev–Trinajstić information content (AvgIpc) is 2.87. The highest BCUT2D eigenvalue weighted by Crippen LogP contribution is 2.22. The minimum Gasteiger partial charge on any atom is -0.366 e. The van der Waals surface area contributed by atoms with Crippen LogP contribution in [0.3, 0.4) is 0 Å². The number of aryl methyl sites for hydroxylation is 1. The van der Waals surface area contributed by atoms with Gasteiger partial charge in [0.25, 0.3) is 5.56 Å². The smallest absolute Gasteiger partial charge is 0.259 e. The number of nitrogens with zero attached hydrogens (tertiary/aromatic N) is 4. The Labute approximate surface area is 146 Å². The first kappa shape index (κ1) is 17.0. The molecule has 0 aliphatic rings. The van der Waals surface area contributed by atoms with Crippen LogP contribution in [-0.4, -0.2) is 15.9 Å². The molecule has 128 valence electrons. The van der Waals surface area contributed by atoms with Crippen LogP contribution < -0.4 is 10.5 Å². The molecule has 0 spiro atoms. The average molecular weight is 360 g/mol. The number of hydrogen-bond donors (Lipinski definition) is 0. The molecule has 0 saturated carbocycles. The quantitative estimate of drug-likeness (QED) is 0.717. The molecule has 0 N–H and O–H groups in total. The van der Waals surface area contributed by atoms with Gasteiger partial charge in [0, 0.05) is 29.2 Å². The zero-order valence-corrected chi connectivity index (χ0v) is 14.4. The fourth-order valence-electron chi connectivity index (χ4n) is 2.64. The summed E-state index contributed by atoms with van der Waals surface area (Å²) >= 11 is 1.26. The number of thiazole rings is 1. The molecule has 0 unspecified atom stereocenters. The van der Waals surface area contributed by atoms with Gasteiger partial charge in [-0.15, -0.1) is 11.3 Å². The molecule has 0 amide bonds. The molecule has 25 heavy (non-hydrogen) atoms.